The van der Waals surface area contributed by atoms with E-state index in [1.807, 2.05) is 0 Å². The first kappa shape index (κ1) is 9.52. The molecule has 7 nitrogen and oxygen atoms in total. The molecule has 17 heavy (non-hydrogen) atoms. The van der Waals surface area contributed by atoms with Crippen LogP contribution in [0.3, 0.4) is 0 Å². The molecule has 3 rings (SSSR count). The number of nitrogens with one attached hydrogen (secondary N) is 1. The van der Waals surface area contributed by atoms with Gasteiger partial charge < -0.3 is 9.63 Å². The van der Waals surface area contributed by atoms with E-state index in [4.69, 9.17) is 4.52 Å². The number of benzene rings is 1. The molecule has 3 aromatic rings. The number of phenols is 1. The molecule has 0 aliphatic carbocycles. The molecular weight excluding hydrogens is 222 g/mol. The van der Waals surface area contributed by atoms with Crippen molar-refractivity contribution in [2.75, 3.05) is 0 Å². The average Bonchev–Trinajstić information content (AvgIpc) is 3.00. The smallest absolute Gasteiger partial charge is 0.258 e. The minimum Gasteiger partial charge on any atom is -0.508 e. The Kier molecular flexibility index (Phi) is 2.08. The van der Waals surface area contributed by atoms with Crippen molar-refractivity contribution >= 4 is 0 Å². The van der Waals surface area contributed by atoms with Gasteiger partial charge in [0.2, 0.25) is 5.82 Å². The lowest BCUT2D eigenvalue weighted by Crippen LogP contribution is -1.83. The van der Waals surface area contributed by atoms with Crippen LogP contribution in [-0.2, 0) is 0 Å². The molecule has 2 N–H and O–H groups in total. The minimum absolute atomic E-state index is 0.141. The van der Waals surface area contributed by atoms with E-state index in [9.17, 15) is 5.11 Å². The normalized spacial score (nSPS) is 10.6. The van der Waals surface area contributed by atoms with E-state index in [1.54, 1.807) is 18.2 Å². The maximum absolute atomic E-state index is 9.35. The minimum atomic E-state index is 0.141. The molecule has 7 heteroatoms. The van der Waals surface area contributed by atoms with Gasteiger partial charge in [-0.3, -0.25) is 5.10 Å². The fraction of sp³-hybridized carbons (Fsp3) is 0. The topological polar surface area (TPSA) is 101 Å². The highest BCUT2D eigenvalue weighted by Gasteiger charge is 2.12. The average molecular weight is 229 g/mol. The van der Waals surface area contributed by atoms with Gasteiger partial charge in [-0.2, -0.15) is 10.1 Å². The highest BCUT2D eigenvalue weighted by Crippen LogP contribution is 2.23. The number of nitrogens with zero attached hydrogens (tertiary/aromatic N) is 4. The summed E-state index contributed by atoms with van der Waals surface area (Å²) < 4.78 is 5.07. The zero-order valence-electron chi connectivity index (χ0n) is 8.53. The predicted octanol–water partition coefficient (Wildman–Crippen LogP) is 1.23. The standard InChI is InChI=1S/C10H7N5O2/c16-7-3-1-2-6(4-7)10-13-9(15-17-10)8-11-5-12-14-8/h1-5,16H,(H,11,12,14). The molecule has 0 bridgehead atoms. The molecule has 0 saturated carbocycles. The molecule has 84 valence electrons. The second-order valence-corrected chi connectivity index (χ2v) is 3.31. The Labute approximate surface area is 95.1 Å². The fourth-order valence-electron chi connectivity index (χ4n) is 1.39. The lowest BCUT2D eigenvalue weighted by atomic mass is 10.2. The van der Waals surface area contributed by atoms with Gasteiger partial charge in [0.15, 0.2) is 5.82 Å². The molecule has 0 aliphatic heterocycles. The molecule has 2 heterocycles. The lowest BCUT2D eigenvalue weighted by molar-refractivity contribution is 0.431. The van der Waals surface area contributed by atoms with Crippen LogP contribution in [0.25, 0.3) is 23.1 Å². The van der Waals surface area contributed by atoms with Gasteiger partial charge in [0.25, 0.3) is 5.89 Å². The van der Waals surface area contributed by atoms with E-state index in [0.29, 0.717) is 23.1 Å². The number of H-pyrrole nitrogens is 1. The predicted molar refractivity (Wildman–Crippen MR) is 56.8 cm³/mol. The second-order valence-electron chi connectivity index (χ2n) is 3.31. The second kappa shape index (κ2) is 3.71. The molecule has 0 unspecified atom stereocenters. The first-order valence-corrected chi connectivity index (χ1v) is 4.82. The Morgan fingerprint density at radius 1 is 1.29 bits per heavy atom. The maximum atomic E-state index is 9.35. The summed E-state index contributed by atoms with van der Waals surface area (Å²) in [6, 6.07) is 6.56. The summed E-state index contributed by atoms with van der Waals surface area (Å²) in [5.74, 6) is 1.20. The summed E-state index contributed by atoms with van der Waals surface area (Å²) in [6.07, 6.45) is 1.36. The fourth-order valence-corrected chi connectivity index (χ4v) is 1.39. The Balaban J connectivity index is 2.01. The molecule has 1 aromatic carbocycles. The highest BCUT2D eigenvalue weighted by molar-refractivity contribution is 5.57. The van der Waals surface area contributed by atoms with E-state index >= 15 is 0 Å². The largest absolute Gasteiger partial charge is 0.508 e. The van der Waals surface area contributed by atoms with Crippen molar-refractivity contribution in [2.24, 2.45) is 0 Å². The van der Waals surface area contributed by atoms with Gasteiger partial charge >= 0.3 is 0 Å². The van der Waals surface area contributed by atoms with E-state index in [1.165, 1.54) is 12.4 Å². The van der Waals surface area contributed by atoms with Crippen LogP contribution in [0.2, 0.25) is 0 Å². The van der Waals surface area contributed by atoms with Crippen LogP contribution < -0.4 is 0 Å². The lowest BCUT2D eigenvalue weighted by Gasteiger charge is -1.93. The first-order valence-electron chi connectivity index (χ1n) is 4.82. The van der Waals surface area contributed by atoms with Crippen molar-refractivity contribution in [3.05, 3.63) is 30.6 Å². The Morgan fingerprint density at radius 2 is 2.24 bits per heavy atom. The van der Waals surface area contributed by atoms with Crippen LogP contribution in [-0.4, -0.2) is 30.4 Å². The summed E-state index contributed by atoms with van der Waals surface area (Å²) in [6.45, 7) is 0. The zero-order chi connectivity index (χ0) is 11.7. The van der Waals surface area contributed by atoms with Gasteiger partial charge in [0, 0.05) is 5.56 Å². The van der Waals surface area contributed by atoms with Gasteiger partial charge in [-0.1, -0.05) is 11.2 Å². The monoisotopic (exact) mass is 229 g/mol. The number of phenolic OH excluding ortho intramolecular Hbond substituents is 1. The van der Waals surface area contributed by atoms with Crippen molar-refractivity contribution in [1.82, 2.24) is 25.3 Å². The first-order chi connectivity index (χ1) is 8.33. The SMILES string of the molecule is Oc1cccc(-c2nc(-c3ncn[nH]3)no2)c1. The van der Waals surface area contributed by atoms with Gasteiger partial charge in [-0.15, -0.1) is 0 Å². The quantitative estimate of drug-likeness (QED) is 0.685. The number of aromatic hydroxyl groups is 1. The molecule has 0 fully saturated rings. The van der Waals surface area contributed by atoms with Crippen molar-refractivity contribution in [2.45, 2.75) is 0 Å². The molecule has 0 saturated heterocycles. The van der Waals surface area contributed by atoms with Crippen LogP contribution in [0.1, 0.15) is 0 Å². The maximum Gasteiger partial charge on any atom is 0.258 e. The molecule has 2 aromatic heterocycles. The van der Waals surface area contributed by atoms with Crippen molar-refractivity contribution in [1.29, 1.82) is 0 Å². The van der Waals surface area contributed by atoms with E-state index in [2.05, 4.69) is 25.3 Å². The van der Waals surface area contributed by atoms with E-state index in [0.717, 1.165) is 0 Å². The molecule has 0 spiro atoms. The molecule has 0 atom stereocenters. The van der Waals surface area contributed by atoms with Crippen LogP contribution in [0, 0.1) is 0 Å². The van der Waals surface area contributed by atoms with Crippen molar-refractivity contribution in [3.8, 4) is 28.9 Å². The summed E-state index contributed by atoms with van der Waals surface area (Å²) in [5, 5.41) is 19.4. The third-order valence-corrected chi connectivity index (χ3v) is 2.15. The van der Waals surface area contributed by atoms with Crippen LogP contribution in [0.4, 0.5) is 0 Å². The highest BCUT2D eigenvalue weighted by atomic mass is 16.5. The Hall–Kier alpha value is -2.70. The van der Waals surface area contributed by atoms with Crippen molar-refractivity contribution in [3.63, 3.8) is 0 Å². The summed E-state index contributed by atoms with van der Waals surface area (Å²) >= 11 is 0. The number of hydrogen-bond acceptors (Lipinski definition) is 6. The summed E-state index contributed by atoms with van der Waals surface area (Å²) in [5.41, 5.74) is 0.642. The number of aromatic amines is 1. The molecular formula is C10H7N5O2. The van der Waals surface area contributed by atoms with Gasteiger partial charge in [0.1, 0.15) is 12.1 Å². The Morgan fingerprint density at radius 3 is 3.00 bits per heavy atom. The summed E-state index contributed by atoms with van der Waals surface area (Å²) in [4.78, 5) is 8.05. The molecule has 0 aliphatic rings. The third kappa shape index (κ3) is 1.73. The number of aromatic nitrogens is 5. The molecule has 0 radical (unpaired) electrons. The third-order valence-electron chi connectivity index (χ3n) is 2.15. The van der Waals surface area contributed by atoms with Crippen LogP contribution in [0.15, 0.2) is 35.1 Å². The Bertz CT molecular complexity index is 632. The van der Waals surface area contributed by atoms with Crippen LogP contribution >= 0.6 is 0 Å². The van der Waals surface area contributed by atoms with Crippen molar-refractivity contribution < 1.29 is 9.63 Å². The van der Waals surface area contributed by atoms with Gasteiger partial charge in [0.05, 0.1) is 0 Å². The molecule has 0 amide bonds. The summed E-state index contributed by atoms with van der Waals surface area (Å²) in [7, 11) is 0. The van der Waals surface area contributed by atoms with Gasteiger partial charge in [-0.05, 0) is 18.2 Å². The van der Waals surface area contributed by atoms with E-state index < -0.39 is 0 Å². The number of hydrogen-bond donors (Lipinski definition) is 2. The zero-order valence-corrected chi connectivity index (χ0v) is 8.53. The van der Waals surface area contributed by atoms with Crippen LogP contribution in [0.5, 0.6) is 5.75 Å². The van der Waals surface area contributed by atoms with E-state index in [-0.39, 0.29) is 5.75 Å². The number of rotatable bonds is 2. The van der Waals surface area contributed by atoms with Gasteiger partial charge in [-0.25, -0.2) is 4.98 Å².